The zero-order valence-electron chi connectivity index (χ0n) is 20.5. The van der Waals surface area contributed by atoms with Crippen molar-refractivity contribution in [1.82, 2.24) is 25.7 Å². The maximum atomic E-state index is 14.2. The molecule has 1 aromatic carbocycles. The lowest BCUT2D eigenvalue weighted by Gasteiger charge is -2.38. The first kappa shape index (κ1) is 23.8. The van der Waals surface area contributed by atoms with Gasteiger partial charge in [-0.2, -0.15) is 0 Å². The molecule has 2 amide bonds. The summed E-state index contributed by atoms with van der Waals surface area (Å²) in [4.78, 5) is 33.6. The van der Waals surface area contributed by atoms with E-state index in [4.69, 9.17) is 4.52 Å². The van der Waals surface area contributed by atoms with E-state index in [2.05, 4.69) is 25.7 Å². The number of rotatable bonds is 8. The molecule has 2 saturated carbocycles. The Balaban J connectivity index is 1.17. The Hall–Kier alpha value is -3.59. The van der Waals surface area contributed by atoms with Crippen LogP contribution in [0.5, 0.6) is 0 Å². The molecule has 3 heterocycles. The highest BCUT2D eigenvalue weighted by Gasteiger charge is 2.49. The van der Waals surface area contributed by atoms with Gasteiger partial charge in [0.25, 0.3) is 5.91 Å². The SMILES string of the molecule is O=C(N[C@@H]1CCN(CC2CC2)C[C@H]1C(=O)NC1(c2ccccn2)CC1)c1cc(-c2ccccc2F)on1. The maximum Gasteiger partial charge on any atom is 0.273 e. The lowest BCUT2D eigenvalue weighted by Crippen LogP contribution is -2.57. The van der Waals surface area contributed by atoms with Gasteiger partial charge in [0.1, 0.15) is 5.82 Å². The lowest BCUT2D eigenvalue weighted by molar-refractivity contribution is -0.128. The van der Waals surface area contributed by atoms with Crippen LogP contribution in [0, 0.1) is 17.7 Å². The Bertz CT molecular complexity index is 1290. The highest BCUT2D eigenvalue weighted by atomic mass is 19.1. The van der Waals surface area contributed by atoms with Gasteiger partial charge in [-0.1, -0.05) is 23.4 Å². The van der Waals surface area contributed by atoms with Gasteiger partial charge in [-0.3, -0.25) is 14.6 Å². The molecule has 3 aromatic rings. The van der Waals surface area contributed by atoms with Crippen molar-refractivity contribution in [3.8, 4) is 11.3 Å². The number of benzene rings is 1. The second kappa shape index (κ2) is 9.70. The Kier molecular flexibility index (Phi) is 6.24. The number of carbonyl (C=O) groups is 2. The van der Waals surface area contributed by atoms with E-state index in [9.17, 15) is 14.0 Å². The molecule has 1 saturated heterocycles. The van der Waals surface area contributed by atoms with E-state index >= 15 is 0 Å². The molecular formula is C28H30FN5O3. The number of hydrogen-bond donors (Lipinski definition) is 2. The van der Waals surface area contributed by atoms with Gasteiger partial charge in [0, 0.05) is 37.9 Å². The first-order chi connectivity index (χ1) is 18.0. The van der Waals surface area contributed by atoms with Gasteiger partial charge in [0.05, 0.1) is 22.7 Å². The molecule has 1 aliphatic heterocycles. The smallest absolute Gasteiger partial charge is 0.273 e. The van der Waals surface area contributed by atoms with Crippen LogP contribution in [0.3, 0.4) is 0 Å². The molecule has 37 heavy (non-hydrogen) atoms. The fraction of sp³-hybridized carbons (Fsp3) is 0.429. The number of hydrogen-bond acceptors (Lipinski definition) is 6. The minimum Gasteiger partial charge on any atom is -0.355 e. The van der Waals surface area contributed by atoms with Gasteiger partial charge in [0.15, 0.2) is 11.5 Å². The summed E-state index contributed by atoms with van der Waals surface area (Å²) >= 11 is 0. The molecule has 9 heteroatoms. The fourth-order valence-corrected chi connectivity index (χ4v) is 5.25. The van der Waals surface area contributed by atoms with Crippen molar-refractivity contribution in [1.29, 1.82) is 0 Å². The van der Waals surface area contributed by atoms with Crippen molar-refractivity contribution in [2.24, 2.45) is 11.8 Å². The number of carbonyl (C=O) groups excluding carboxylic acids is 2. The number of aromatic nitrogens is 2. The van der Waals surface area contributed by atoms with Crippen LogP contribution in [0.1, 0.15) is 48.3 Å². The normalized spacial score (nSPS) is 22.8. The molecule has 0 radical (unpaired) electrons. The number of nitrogens with one attached hydrogen (secondary N) is 2. The van der Waals surface area contributed by atoms with Crippen LogP contribution in [0.2, 0.25) is 0 Å². The van der Waals surface area contributed by atoms with E-state index in [1.54, 1.807) is 24.4 Å². The van der Waals surface area contributed by atoms with Gasteiger partial charge < -0.3 is 20.1 Å². The van der Waals surface area contributed by atoms with Crippen LogP contribution < -0.4 is 10.6 Å². The fourth-order valence-electron chi connectivity index (χ4n) is 5.25. The molecule has 0 unspecified atom stereocenters. The van der Waals surface area contributed by atoms with E-state index in [-0.39, 0.29) is 29.0 Å². The summed E-state index contributed by atoms with van der Waals surface area (Å²) in [5.41, 5.74) is 0.749. The Labute approximate surface area is 214 Å². The number of pyridine rings is 1. The highest BCUT2D eigenvalue weighted by Crippen LogP contribution is 2.45. The number of piperidine rings is 1. The van der Waals surface area contributed by atoms with Crippen LogP contribution in [-0.4, -0.2) is 52.5 Å². The van der Waals surface area contributed by atoms with Crippen molar-refractivity contribution >= 4 is 11.8 Å². The number of nitrogens with zero attached hydrogens (tertiary/aromatic N) is 3. The molecule has 6 rings (SSSR count). The van der Waals surface area contributed by atoms with Crippen molar-refractivity contribution in [3.05, 3.63) is 71.9 Å². The van der Waals surface area contributed by atoms with Gasteiger partial charge >= 0.3 is 0 Å². The molecule has 3 fully saturated rings. The second-order valence-corrected chi connectivity index (χ2v) is 10.5. The van der Waals surface area contributed by atoms with Crippen molar-refractivity contribution in [2.75, 3.05) is 19.6 Å². The monoisotopic (exact) mass is 503 g/mol. The van der Waals surface area contributed by atoms with E-state index < -0.39 is 23.2 Å². The third-order valence-corrected chi connectivity index (χ3v) is 7.71. The van der Waals surface area contributed by atoms with Crippen molar-refractivity contribution < 1.29 is 18.5 Å². The van der Waals surface area contributed by atoms with E-state index in [1.807, 2.05) is 18.2 Å². The summed E-state index contributed by atoms with van der Waals surface area (Å²) in [5, 5.41) is 10.2. The first-order valence-corrected chi connectivity index (χ1v) is 13.0. The summed E-state index contributed by atoms with van der Waals surface area (Å²) in [6.07, 6.45) is 6.59. The summed E-state index contributed by atoms with van der Waals surface area (Å²) in [6, 6.07) is 13.0. The van der Waals surface area contributed by atoms with E-state index in [1.165, 1.54) is 25.0 Å². The third-order valence-electron chi connectivity index (χ3n) is 7.71. The van der Waals surface area contributed by atoms with Gasteiger partial charge in [-0.25, -0.2) is 4.39 Å². The van der Waals surface area contributed by atoms with Crippen LogP contribution in [0.25, 0.3) is 11.3 Å². The molecule has 0 spiro atoms. The van der Waals surface area contributed by atoms with Gasteiger partial charge in [-0.15, -0.1) is 0 Å². The highest BCUT2D eigenvalue weighted by molar-refractivity contribution is 5.94. The van der Waals surface area contributed by atoms with Gasteiger partial charge in [0.2, 0.25) is 5.91 Å². The molecule has 8 nitrogen and oxygen atoms in total. The molecule has 192 valence electrons. The predicted octanol–water partition coefficient (Wildman–Crippen LogP) is 3.51. The van der Waals surface area contributed by atoms with Crippen molar-refractivity contribution in [2.45, 2.75) is 43.7 Å². The minimum atomic E-state index is -0.452. The van der Waals surface area contributed by atoms with Gasteiger partial charge in [-0.05, 0) is 62.3 Å². The average Bonchev–Trinajstić information content (AvgIpc) is 3.84. The third kappa shape index (κ3) is 5.13. The number of likely N-dealkylation sites (tertiary alicyclic amines) is 1. The molecule has 3 aliphatic rings. The Morgan fingerprint density at radius 3 is 2.65 bits per heavy atom. The van der Waals surface area contributed by atoms with Crippen LogP contribution >= 0.6 is 0 Å². The Morgan fingerprint density at radius 2 is 1.92 bits per heavy atom. The zero-order valence-corrected chi connectivity index (χ0v) is 20.5. The predicted molar refractivity (Wildman–Crippen MR) is 134 cm³/mol. The van der Waals surface area contributed by atoms with Crippen LogP contribution in [-0.2, 0) is 10.3 Å². The first-order valence-electron chi connectivity index (χ1n) is 13.0. The number of halogens is 1. The van der Waals surface area contributed by atoms with E-state index in [0.717, 1.165) is 31.6 Å². The summed E-state index contributed by atoms with van der Waals surface area (Å²) in [7, 11) is 0. The lowest BCUT2D eigenvalue weighted by atomic mass is 9.90. The van der Waals surface area contributed by atoms with Crippen LogP contribution in [0.4, 0.5) is 4.39 Å². The number of amides is 2. The summed E-state index contributed by atoms with van der Waals surface area (Å²) in [5.74, 6) is -0.465. The molecule has 2 atom stereocenters. The minimum absolute atomic E-state index is 0.0602. The van der Waals surface area contributed by atoms with Crippen molar-refractivity contribution in [3.63, 3.8) is 0 Å². The quantitative estimate of drug-likeness (QED) is 0.488. The second-order valence-electron chi connectivity index (χ2n) is 10.5. The maximum absolute atomic E-state index is 14.2. The average molecular weight is 504 g/mol. The molecular weight excluding hydrogens is 473 g/mol. The van der Waals surface area contributed by atoms with E-state index in [0.29, 0.717) is 18.9 Å². The standard InChI is InChI=1S/C28H30FN5O3/c29-21-6-2-1-5-19(21)24-15-23(33-37-24)27(36)31-22-10-14-34(16-18-8-9-18)17-20(22)26(35)32-28(11-12-28)25-7-3-4-13-30-25/h1-7,13,15,18,20,22H,8-12,14,16-17H2,(H,31,36)(H,32,35)/t20-,22-/m1/s1. The summed E-state index contributed by atoms with van der Waals surface area (Å²) < 4.78 is 19.4. The topological polar surface area (TPSA) is 100 Å². The molecule has 0 bridgehead atoms. The molecule has 2 aliphatic carbocycles. The largest absolute Gasteiger partial charge is 0.355 e. The summed E-state index contributed by atoms with van der Waals surface area (Å²) in [6.45, 7) is 2.39. The molecule has 2 aromatic heterocycles. The molecule has 2 N–H and O–H groups in total. The zero-order chi connectivity index (χ0) is 25.4. The Morgan fingerprint density at radius 1 is 1.11 bits per heavy atom. The van der Waals surface area contributed by atoms with Crippen LogP contribution in [0.15, 0.2) is 59.3 Å².